The number of nitrogens with one attached hydrogen (secondary N) is 1. The Morgan fingerprint density at radius 1 is 1.42 bits per heavy atom. The molecule has 1 heterocycles. The molecule has 68 valence electrons. The molecular weight excluding hydrogens is 148 g/mol. The SMILES string of the molecule is CCc1c[nH]c(CN(C)C)c1C. The van der Waals surface area contributed by atoms with Crippen LogP contribution in [0.1, 0.15) is 23.7 Å². The Labute approximate surface area is 74.6 Å². The molecule has 1 rings (SSSR count). The number of hydrogen-bond donors (Lipinski definition) is 1. The molecule has 2 nitrogen and oxygen atoms in total. The number of aromatic amines is 1. The van der Waals surface area contributed by atoms with Crippen molar-refractivity contribution in [3.05, 3.63) is 23.0 Å². The third kappa shape index (κ3) is 1.89. The zero-order valence-electron chi connectivity index (χ0n) is 8.44. The molecule has 0 spiro atoms. The van der Waals surface area contributed by atoms with Gasteiger partial charge in [-0.2, -0.15) is 0 Å². The monoisotopic (exact) mass is 166 g/mol. The van der Waals surface area contributed by atoms with E-state index in [9.17, 15) is 0 Å². The fourth-order valence-corrected chi connectivity index (χ4v) is 1.43. The molecule has 1 aromatic rings. The molecule has 0 atom stereocenters. The van der Waals surface area contributed by atoms with E-state index in [2.05, 4.69) is 44.0 Å². The lowest BCUT2D eigenvalue weighted by Gasteiger charge is -2.08. The molecule has 0 radical (unpaired) electrons. The van der Waals surface area contributed by atoms with Crippen LogP contribution in [0.2, 0.25) is 0 Å². The molecule has 12 heavy (non-hydrogen) atoms. The highest BCUT2D eigenvalue weighted by molar-refractivity contribution is 5.29. The third-order valence-electron chi connectivity index (χ3n) is 2.21. The van der Waals surface area contributed by atoms with E-state index in [1.54, 1.807) is 0 Å². The van der Waals surface area contributed by atoms with Crippen LogP contribution in [0.5, 0.6) is 0 Å². The summed E-state index contributed by atoms with van der Waals surface area (Å²) < 4.78 is 0. The normalized spacial score (nSPS) is 11.1. The summed E-state index contributed by atoms with van der Waals surface area (Å²) >= 11 is 0. The Hall–Kier alpha value is -0.760. The van der Waals surface area contributed by atoms with E-state index in [0.29, 0.717) is 0 Å². The van der Waals surface area contributed by atoms with Gasteiger partial charge in [0.05, 0.1) is 0 Å². The average molecular weight is 166 g/mol. The molecular formula is C10H18N2. The lowest BCUT2D eigenvalue weighted by atomic mass is 10.1. The molecule has 0 aliphatic carbocycles. The summed E-state index contributed by atoms with van der Waals surface area (Å²) in [7, 11) is 4.18. The van der Waals surface area contributed by atoms with Crippen LogP contribution in [-0.2, 0) is 13.0 Å². The van der Waals surface area contributed by atoms with Gasteiger partial charge in [-0.15, -0.1) is 0 Å². The van der Waals surface area contributed by atoms with Crippen molar-refractivity contribution in [2.75, 3.05) is 14.1 Å². The summed E-state index contributed by atoms with van der Waals surface area (Å²) in [6, 6.07) is 0. The minimum absolute atomic E-state index is 1.01. The van der Waals surface area contributed by atoms with Crippen LogP contribution >= 0.6 is 0 Å². The molecule has 0 saturated heterocycles. The smallest absolute Gasteiger partial charge is 0.0381 e. The molecule has 0 saturated carbocycles. The molecule has 0 fully saturated rings. The number of hydrogen-bond acceptors (Lipinski definition) is 1. The summed E-state index contributed by atoms with van der Waals surface area (Å²) in [4.78, 5) is 5.49. The Kier molecular flexibility index (Phi) is 2.93. The fourth-order valence-electron chi connectivity index (χ4n) is 1.43. The predicted molar refractivity (Wildman–Crippen MR) is 52.3 cm³/mol. The zero-order valence-corrected chi connectivity index (χ0v) is 8.44. The number of aryl methyl sites for hydroxylation is 1. The molecule has 0 bridgehead atoms. The van der Waals surface area contributed by atoms with Gasteiger partial charge in [-0.3, -0.25) is 0 Å². The van der Waals surface area contributed by atoms with E-state index >= 15 is 0 Å². The maximum absolute atomic E-state index is 3.31. The van der Waals surface area contributed by atoms with Gasteiger partial charge in [-0.05, 0) is 38.6 Å². The van der Waals surface area contributed by atoms with Crippen LogP contribution in [0.4, 0.5) is 0 Å². The first-order valence-electron chi connectivity index (χ1n) is 4.45. The van der Waals surface area contributed by atoms with Crippen LogP contribution in [0.25, 0.3) is 0 Å². The minimum atomic E-state index is 1.01. The molecule has 1 N–H and O–H groups in total. The number of H-pyrrole nitrogens is 1. The first-order valence-corrected chi connectivity index (χ1v) is 4.45. The van der Waals surface area contributed by atoms with E-state index in [4.69, 9.17) is 0 Å². The highest BCUT2D eigenvalue weighted by Gasteiger charge is 2.05. The first-order chi connectivity index (χ1) is 5.65. The van der Waals surface area contributed by atoms with Gasteiger partial charge in [0.25, 0.3) is 0 Å². The Morgan fingerprint density at radius 2 is 2.08 bits per heavy atom. The molecule has 0 aliphatic heterocycles. The maximum atomic E-state index is 3.31. The van der Waals surface area contributed by atoms with E-state index < -0.39 is 0 Å². The van der Waals surface area contributed by atoms with E-state index in [0.717, 1.165) is 13.0 Å². The summed E-state index contributed by atoms with van der Waals surface area (Å²) in [5.74, 6) is 0. The standard InChI is InChI=1S/C10H18N2/c1-5-9-6-11-10(8(9)2)7-12(3)4/h6,11H,5,7H2,1-4H3. The van der Waals surface area contributed by atoms with Crippen molar-refractivity contribution >= 4 is 0 Å². The van der Waals surface area contributed by atoms with Gasteiger partial charge in [-0.25, -0.2) is 0 Å². The van der Waals surface area contributed by atoms with E-state index in [1.165, 1.54) is 16.8 Å². The average Bonchev–Trinajstić information content (AvgIpc) is 2.32. The molecule has 0 unspecified atom stereocenters. The third-order valence-corrected chi connectivity index (χ3v) is 2.21. The van der Waals surface area contributed by atoms with Crippen molar-refractivity contribution in [3.63, 3.8) is 0 Å². The largest absolute Gasteiger partial charge is 0.363 e. The lowest BCUT2D eigenvalue weighted by Crippen LogP contribution is -2.11. The van der Waals surface area contributed by atoms with Crippen molar-refractivity contribution in [1.82, 2.24) is 9.88 Å². The number of rotatable bonds is 3. The summed E-state index contributed by atoms with van der Waals surface area (Å²) in [5, 5.41) is 0. The van der Waals surface area contributed by atoms with Crippen molar-refractivity contribution in [2.24, 2.45) is 0 Å². The summed E-state index contributed by atoms with van der Waals surface area (Å²) in [6.45, 7) is 5.38. The van der Waals surface area contributed by atoms with Gasteiger partial charge in [0.1, 0.15) is 0 Å². The maximum Gasteiger partial charge on any atom is 0.0381 e. The Bertz CT molecular complexity index is 248. The van der Waals surface area contributed by atoms with E-state index in [1.807, 2.05) is 0 Å². The number of nitrogens with zero attached hydrogens (tertiary/aromatic N) is 1. The lowest BCUT2D eigenvalue weighted by molar-refractivity contribution is 0.396. The quantitative estimate of drug-likeness (QED) is 0.727. The van der Waals surface area contributed by atoms with Crippen LogP contribution in [0.15, 0.2) is 6.20 Å². The topological polar surface area (TPSA) is 19.0 Å². The van der Waals surface area contributed by atoms with E-state index in [-0.39, 0.29) is 0 Å². The highest BCUT2D eigenvalue weighted by Crippen LogP contribution is 2.13. The van der Waals surface area contributed by atoms with Crippen molar-refractivity contribution in [3.8, 4) is 0 Å². The van der Waals surface area contributed by atoms with Crippen molar-refractivity contribution < 1.29 is 0 Å². The molecule has 0 amide bonds. The fraction of sp³-hybridized carbons (Fsp3) is 0.600. The molecule has 1 aromatic heterocycles. The summed E-state index contributed by atoms with van der Waals surface area (Å²) in [5.41, 5.74) is 4.20. The van der Waals surface area contributed by atoms with Gasteiger partial charge in [0.2, 0.25) is 0 Å². The van der Waals surface area contributed by atoms with Gasteiger partial charge in [-0.1, -0.05) is 6.92 Å². The Balaban J connectivity index is 2.80. The number of aromatic nitrogens is 1. The van der Waals surface area contributed by atoms with Crippen LogP contribution in [-0.4, -0.2) is 24.0 Å². The second-order valence-corrected chi connectivity index (χ2v) is 3.51. The van der Waals surface area contributed by atoms with Crippen LogP contribution < -0.4 is 0 Å². The highest BCUT2D eigenvalue weighted by atomic mass is 15.1. The second-order valence-electron chi connectivity index (χ2n) is 3.51. The first kappa shape index (κ1) is 9.33. The zero-order chi connectivity index (χ0) is 9.14. The Morgan fingerprint density at radius 3 is 2.50 bits per heavy atom. The van der Waals surface area contributed by atoms with Gasteiger partial charge >= 0.3 is 0 Å². The van der Waals surface area contributed by atoms with Gasteiger partial charge in [0.15, 0.2) is 0 Å². The van der Waals surface area contributed by atoms with Crippen LogP contribution in [0.3, 0.4) is 0 Å². The second kappa shape index (κ2) is 3.76. The van der Waals surface area contributed by atoms with Crippen LogP contribution in [0, 0.1) is 6.92 Å². The van der Waals surface area contributed by atoms with Crippen molar-refractivity contribution in [1.29, 1.82) is 0 Å². The summed E-state index contributed by atoms with van der Waals surface area (Å²) in [6.07, 6.45) is 3.24. The molecule has 0 aromatic carbocycles. The van der Waals surface area contributed by atoms with Gasteiger partial charge < -0.3 is 9.88 Å². The van der Waals surface area contributed by atoms with Gasteiger partial charge in [0, 0.05) is 18.4 Å². The predicted octanol–water partition coefficient (Wildman–Crippen LogP) is 1.95. The van der Waals surface area contributed by atoms with Crippen molar-refractivity contribution in [2.45, 2.75) is 26.8 Å². The minimum Gasteiger partial charge on any atom is -0.363 e. The molecule has 0 aliphatic rings. The molecule has 2 heteroatoms.